The van der Waals surface area contributed by atoms with E-state index in [-0.39, 0.29) is 12.2 Å². The largest absolute Gasteiger partial charge is 0.445 e. The van der Waals surface area contributed by atoms with Crippen molar-refractivity contribution in [3.8, 4) is 0 Å². The van der Waals surface area contributed by atoms with Crippen molar-refractivity contribution >= 4 is 6.09 Å². The summed E-state index contributed by atoms with van der Waals surface area (Å²) in [5.74, 6) is 0. The van der Waals surface area contributed by atoms with Crippen LogP contribution in [0.15, 0.2) is 0 Å². The summed E-state index contributed by atoms with van der Waals surface area (Å²) in [6.07, 6.45) is 5.14. The molecule has 2 rings (SSSR count). The Morgan fingerprint density at radius 2 is 2.08 bits per heavy atom. The van der Waals surface area contributed by atoms with Gasteiger partial charge in [0.15, 0.2) is 0 Å². The standard InChI is InChI=1S/C9H15NO3/c11-9(10-6-3-7-12-10)13-8-4-1-2-5-8/h8H,1-7H2. The van der Waals surface area contributed by atoms with Gasteiger partial charge in [-0.05, 0) is 32.1 Å². The van der Waals surface area contributed by atoms with Gasteiger partial charge in [-0.15, -0.1) is 0 Å². The van der Waals surface area contributed by atoms with Gasteiger partial charge in [-0.1, -0.05) is 0 Å². The number of amides is 1. The van der Waals surface area contributed by atoms with E-state index in [1.807, 2.05) is 0 Å². The fraction of sp³-hybridized carbons (Fsp3) is 0.889. The van der Waals surface area contributed by atoms with E-state index in [2.05, 4.69) is 0 Å². The summed E-state index contributed by atoms with van der Waals surface area (Å²) in [7, 11) is 0. The molecule has 74 valence electrons. The molecule has 0 aromatic heterocycles. The SMILES string of the molecule is O=C(OC1CCCC1)N1CCCO1. The van der Waals surface area contributed by atoms with Crippen LogP contribution >= 0.6 is 0 Å². The number of carbonyl (C=O) groups is 1. The highest BCUT2D eigenvalue weighted by atomic mass is 16.7. The van der Waals surface area contributed by atoms with Gasteiger partial charge in [-0.3, -0.25) is 4.84 Å². The van der Waals surface area contributed by atoms with Crippen molar-refractivity contribution in [3.63, 3.8) is 0 Å². The molecule has 2 fully saturated rings. The monoisotopic (exact) mass is 185 g/mol. The first-order valence-corrected chi connectivity index (χ1v) is 4.97. The lowest BCUT2D eigenvalue weighted by Gasteiger charge is -2.17. The first-order chi connectivity index (χ1) is 6.36. The molecule has 0 atom stereocenters. The highest BCUT2D eigenvalue weighted by molar-refractivity contribution is 5.66. The Morgan fingerprint density at radius 1 is 1.31 bits per heavy atom. The van der Waals surface area contributed by atoms with Crippen LogP contribution in [-0.2, 0) is 9.57 Å². The summed E-state index contributed by atoms with van der Waals surface area (Å²) in [4.78, 5) is 16.5. The molecule has 0 radical (unpaired) electrons. The summed E-state index contributed by atoms with van der Waals surface area (Å²) in [5.41, 5.74) is 0. The van der Waals surface area contributed by atoms with Crippen molar-refractivity contribution in [1.82, 2.24) is 5.06 Å². The molecule has 1 saturated carbocycles. The molecule has 0 N–H and O–H groups in total. The van der Waals surface area contributed by atoms with Crippen molar-refractivity contribution < 1.29 is 14.4 Å². The van der Waals surface area contributed by atoms with Crippen molar-refractivity contribution in [2.45, 2.75) is 38.2 Å². The minimum Gasteiger partial charge on any atom is -0.445 e. The maximum Gasteiger partial charge on any atom is 0.434 e. The second-order valence-electron chi connectivity index (χ2n) is 3.58. The molecule has 0 spiro atoms. The average Bonchev–Trinajstić information content (AvgIpc) is 2.74. The third kappa shape index (κ3) is 2.12. The molecular weight excluding hydrogens is 170 g/mol. The number of ether oxygens (including phenoxy) is 1. The molecule has 0 unspecified atom stereocenters. The first-order valence-electron chi connectivity index (χ1n) is 4.97. The number of hydrogen-bond donors (Lipinski definition) is 0. The van der Waals surface area contributed by atoms with E-state index in [0.717, 1.165) is 19.3 Å². The predicted molar refractivity (Wildman–Crippen MR) is 46.0 cm³/mol. The second-order valence-corrected chi connectivity index (χ2v) is 3.58. The van der Waals surface area contributed by atoms with Gasteiger partial charge in [0.25, 0.3) is 0 Å². The minimum absolute atomic E-state index is 0.136. The summed E-state index contributed by atoms with van der Waals surface area (Å²) >= 11 is 0. The highest BCUT2D eigenvalue weighted by Crippen LogP contribution is 2.22. The predicted octanol–water partition coefficient (Wildman–Crippen LogP) is 1.70. The smallest absolute Gasteiger partial charge is 0.434 e. The Morgan fingerprint density at radius 3 is 2.69 bits per heavy atom. The molecule has 0 bridgehead atoms. The quantitative estimate of drug-likeness (QED) is 0.624. The molecule has 1 aliphatic heterocycles. The molecule has 1 saturated heterocycles. The van der Waals surface area contributed by atoms with Crippen molar-refractivity contribution in [3.05, 3.63) is 0 Å². The molecule has 0 aromatic rings. The van der Waals surface area contributed by atoms with E-state index in [9.17, 15) is 4.79 Å². The number of rotatable bonds is 1. The number of hydroxylamine groups is 2. The third-order valence-corrected chi connectivity index (χ3v) is 2.53. The van der Waals surface area contributed by atoms with Gasteiger partial charge in [-0.25, -0.2) is 4.79 Å². The zero-order chi connectivity index (χ0) is 9.10. The Kier molecular flexibility index (Phi) is 2.68. The lowest BCUT2D eigenvalue weighted by Crippen LogP contribution is -2.30. The number of nitrogens with zero attached hydrogens (tertiary/aromatic N) is 1. The van der Waals surface area contributed by atoms with E-state index in [4.69, 9.17) is 9.57 Å². The molecule has 1 heterocycles. The number of hydrogen-bond acceptors (Lipinski definition) is 3. The van der Waals surface area contributed by atoms with Crippen molar-refractivity contribution in [1.29, 1.82) is 0 Å². The molecule has 0 aromatic carbocycles. The van der Waals surface area contributed by atoms with Crippen LogP contribution in [0.4, 0.5) is 4.79 Å². The van der Waals surface area contributed by atoms with E-state index < -0.39 is 0 Å². The molecule has 1 aliphatic carbocycles. The van der Waals surface area contributed by atoms with Gasteiger partial charge in [0, 0.05) is 0 Å². The van der Waals surface area contributed by atoms with E-state index in [1.54, 1.807) is 0 Å². The van der Waals surface area contributed by atoms with Gasteiger partial charge in [0.1, 0.15) is 6.10 Å². The van der Waals surface area contributed by atoms with Crippen LogP contribution in [0.3, 0.4) is 0 Å². The van der Waals surface area contributed by atoms with Crippen LogP contribution in [0, 0.1) is 0 Å². The van der Waals surface area contributed by atoms with Gasteiger partial charge in [0.05, 0.1) is 13.2 Å². The molecule has 4 heteroatoms. The van der Waals surface area contributed by atoms with Crippen LogP contribution < -0.4 is 0 Å². The molecular formula is C9H15NO3. The van der Waals surface area contributed by atoms with E-state index in [1.165, 1.54) is 17.9 Å². The number of carbonyl (C=O) groups excluding carboxylic acids is 1. The fourth-order valence-electron chi connectivity index (χ4n) is 1.80. The van der Waals surface area contributed by atoms with Crippen LogP contribution in [-0.4, -0.2) is 30.4 Å². The van der Waals surface area contributed by atoms with Crippen LogP contribution in [0.1, 0.15) is 32.1 Å². The van der Waals surface area contributed by atoms with Crippen LogP contribution in [0.25, 0.3) is 0 Å². The lowest BCUT2D eigenvalue weighted by atomic mass is 10.3. The summed E-state index contributed by atoms with van der Waals surface area (Å²) in [6, 6.07) is 0. The fourth-order valence-corrected chi connectivity index (χ4v) is 1.80. The maximum absolute atomic E-state index is 11.4. The summed E-state index contributed by atoms with van der Waals surface area (Å²) in [6.45, 7) is 1.31. The summed E-state index contributed by atoms with van der Waals surface area (Å²) in [5, 5.41) is 1.33. The maximum atomic E-state index is 11.4. The zero-order valence-electron chi connectivity index (χ0n) is 7.70. The topological polar surface area (TPSA) is 38.8 Å². The van der Waals surface area contributed by atoms with E-state index in [0.29, 0.717) is 13.2 Å². The van der Waals surface area contributed by atoms with Gasteiger partial charge >= 0.3 is 6.09 Å². The second kappa shape index (κ2) is 3.96. The van der Waals surface area contributed by atoms with Gasteiger partial charge < -0.3 is 4.74 Å². The highest BCUT2D eigenvalue weighted by Gasteiger charge is 2.25. The Balaban J connectivity index is 1.76. The van der Waals surface area contributed by atoms with E-state index >= 15 is 0 Å². The first kappa shape index (κ1) is 8.81. The minimum atomic E-state index is -0.301. The van der Waals surface area contributed by atoms with Crippen molar-refractivity contribution in [2.24, 2.45) is 0 Å². The van der Waals surface area contributed by atoms with Gasteiger partial charge in [0.2, 0.25) is 0 Å². The summed E-state index contributed by atoms with van der Waals surface area (Å²) < 4.78 is 5.26. The van der Waals surface area contributed by atoms with Gasteiger partial charge in [-0.2, -0.15) is 5.06 Å². The molecule has 4 nitrogen and oxygen atoms in total. The molecule has 2 aliphatic rings. The third-order valence-electron chi connectivity index (χ3n) is 2.53. The zero-order valence-corrected chi connectivity index (χ0v) is 7.70. The Labute approximate surface area is 77.7 Å². The molecule has 13 heavy (non-hydrogen) atoms. The van der Waals surface area contributed by atoms with Crippen LogP contribution in [0.5, 0.6) is 0 Å². The Hall–Kier alpha value is -0.770. The van der Waals surface area contributed by atoms with Crippen molar-refractivity contribution in [2.75, 3.05) is 13.2 Å². The van der Waals surface area contributed by atoms with Crippen LogP contribution in [0.2, 0.25) is 0 Å². The molecule has 1 amide bonds. The normalized spacial score (nSPS) is 23.8. The Bertz CT molecular complexity index is 183. The lowest BCUT2D eigenvalue weighted by molar-refractivity contribution is -0.0981. The average molecular weight is 185 g/mol.